The molecule has 1 aromatic heterocycles. The van der Waals surface area contributed by atoms with Crippen LogP contribution in [0, 0.1) is 0 Å². The molecular formula is C19H26ClNO3S. The van der Waals surface area contributed by atoms with Crippen molar-refractivity contribution in [3.05, 3.63) is 23.0 Å². The molecule has 0 saturated heterocycles. The highest BCUT2D eigenvalue weighted by molar-refractivity contribution is 7.92. The number of hydrogen-bond donors (Lipinski definition) is 0. The number of fused-ring (bicyclic) bond motifs is 1. The molecule has 1 saturated carbocycles. The molecule has 1 aliphatic rings. The van der Waals surface area contributed by atoms with Crippen molar-refractivity contribution in [1.82, 2.24) is 4.98 Å². The molecule has 138 valence electrons. The molecule has 25 heavy (non-hydrogen) atoms. The van der Waals surface area contributed by atoms with Crippen molar-refractivity contribution in [3.63, 3.8) is 0 Å². The molecule has 0 bridgehead atoms. The normalized spacial score (nSPS) is 18.2. The summed E-state index contributed by atoms with van der Waals surface area (Å²) in [5.74, 6) is 0.527. The van der Waals surface area contributed by atoms with Gasteiger partial charge in [0.05, 0.1) is 10.3 Å². The Balaban J connectivity index is 2.12. The Morgan fingerprint density at radius 1 is 1.08 bits per heavy atom. The zero-order valence-corrected chi connectivity index (χ0v) is 16.7. The van der Waals surface area contributed by atoms with Crippen LogP contribution >= 0.6 is 11.6 Å². The standard InChI is InChI=1S/C19H26ClNO3S/c1-19(2,3)18-21-15-12-11-14(20)17(16(15)24-18)25(22,23)13-9-7-5-4-6-8-10-13/h11-13H,4-10H2,1-3H3. The number of nitrogens with zero attached hydrogens (tertiary/aromatic N) is 1. The molecule has 3 rings (SSSR count). The Morgan fingerprint density at radius 3 is 2.28 bits per heavy atom. The fraction of sp³-hybridized carbons (Fsp3) is 0.632. The number of oxazole rings is 1. The van der Waals surface area contributed by atoms with Gasteiger partial charge in [-0.2, -0.15) is 0 Å². The zero-order chi connectivity index (χ0) is 18.2. The van der Waals surface area contributed by atoms with Gasteiger partial charge in [0.25, 0.3) is 0 Å². The van der Waals surface area contributed by atoms with E-state index in [0.29, 0.717) is 29.8 Å². The van der Waals surface area contributed by atoms with Crippen LogP contribution in [0.25, 0.3) is 11.1 Å². The van der Waals surface area contributed by atoms with Crippen molar-refractivity contribution in [2.75, 3.05) is 0 Å². The van der Waals surface area contributed by atoms with Crippen LogP contribution in [0.3, 0.4) is 0 Å². The third-order valence-corrected chi connectivity index (χ3v) is 7.63. The summed E-state index contributed by atoms with van der Waals surface area (Å²) < 4.78 is 32.7. The summed E-state index contributed by atoms with van der Waals surface area (Å²) in [6.45, 7) is 5.97. The van der Waals surface area contributed by atoms with Gasteiger partial charge in [0.1, 0.15) is 10.4 Å². The Kier molecular flexibility index (Phi) is 5.18. The minimum atomic E-state index is -3.56. The lowest BCUT2D eigenvalue weighted by molar-refractivity contribution is 0.408. The first-order valence-electron chi connectivity index (χ1n) is 9.04. The lowest BCUT2D eigenvalue weighted by Crippen LogP contribution is -2.23. The SMILES string of the molecule is CC(C)(C)c1nc2ccc(Cl)c(S(=O)(=O)C3CCCCCCC3)c2o1. The average Bonchev–Trinajstić information content (AvgIpc) is 2.89. The molecule has 0 radical (unpaired) electrons. The van der Waals surface area contributed by atoms with Gasteiger partial charge in [0, 0.05) is 5.41 Å². The highest BCUT2D eigenvalue weighted by Gasteiger charge is 2.34. The van der Waals surface area contributed by atoms with Crippen LogP contribution in [0.1, 0.15) is 71.6 Å². The summed E-state index contributed by atoms with van der Waals surface area (Å²) in [4.78, 5) is 4.61. The molecule has 0 unspecified atom stereocenters. The van der Waals surface area contributed by atoms with E-state index in [1.807, 2.05) is 20.8 Å². The van der Waals surface area contributed by atoms with Crippen molar-refractivity contribution in [1.29, 1.82) is 0 Å². The highest BCUT2D eigenvalue weighted by atomic mass is 35.5. The number of benzene rings is 1. The first kappa shape index (κ1) is 18.7. The van der Waals surface area contributed by atoms with E-state index in [4.69, 9.17) is 16.0 Å². The van der Waals surface area contributed by atoms with Crippen LogP contribution in [-0.2, 0) is 15.3 Å². The van der Waals surface area contributed by atoms with Gasteiger partial charge in [-0.05, 0) is 25.0 Å². The lowest BCUT2D eigenvalue weighted by atomic mass is 9.97. The molecule has 2 aromatic rings. The molecule has 4 nitrogen and oxygen atoms in total. The van der Waals surface area contributed by atoms with E-state index >= 15 is 0 Å². The second-order valence-electron chi connectivity index (χ2n) is 8.01. The molecule has 6 heteroatoms. The largest absolute Gasteiger partial charge is 0.439 e. The monoisotopic (exact) mass is 383 g/mol. The molecule has 0 spiro atoms. The first-order valence-corrected chi connectivity index (χ1v) is 11.0. The van der Waals surface area contributed by atoms with E-state index in [-0.39, 0.29) is 20.6 Å². The number of aromatic nitrogens is 1. The molecule has 1 heterocycles. The summed E-state index contributed by atoms with van der Waals surface area (Å²) in [5, 5.41) is -0.162. The Bertz CT molecular complexity index is 857. The topological polar surface area (TPSA) is 60.2 Å². The van der Waals surface area contributed by atoms with Crippen LogP contribution in [0.15, 0.2) is 21.4 Å². The van der Waals surface area contributed by atoms with Crippen molar-refractivity contribution in [2.45, 2.75) is 81.3 Å². The molecule has 1 aromatic carbocycles. The summed E-state index contributed by atoms with van der Waals surface area (Å²) in [6.07, 6.45) is 6.66. The van der Waals surface area contributed by atoms with E-state index in [1.165, 1.54) is 6.42 Å². The van der Waals surface area contributed by atoms with Crippen molar-refractivity contribution < 1.29 is 12.8 Å². The second kappa shape index (κ2) is 6.92. The smallest absolute Gasteiger partial charge is 0.200 e. The van der Waals surface area contributed by atoms with E-state index in [9.17, 15) is 8.42 Å². The number of sulfone groups is 1. The molecule has 0 N–H and O–H groups in total. The molecule has 1 fully saturated rings. The van der Waals surface area contributed by atoms with E-state index in [0.717, 1.165) is 25.7 Å². The molecule has 0 aliphatic heterocycles. The fourth-order valence-electron chi connectivity index (χ4n) is 3.43. The number of rotatable bonds is 2. The van der Waals surface area contributed by atoms with Gasteiger partial charge in [-0.3, -0.25) is 0 Å². The Hall–Kier alpha value is -1.07. The van der Waals surface area contributed by atoms with Gasteiger partial charge in [-0.25, -0.2) is 13.4 Å². The Morgan fingerprint density at radius 2 is 1.68 bits per heavy atom. The molecule has 0 amide bonds. The van der Waals surface area contributed by atoms with Gasteiger partial charge in [-0.1, -0.05) is 64.5 Å². The van der Waals surface area contributed by atoms with Crippen molar-refractivity contribution in [2.24, 2.45) is 0 Å². The maximum absolute atomic E-state index is 13.4. The lowest BCUT2D eigenvalue weighted by Gasteiger charge is -2.20. The summed E-state index contributed by atoms with van der Waals surface area (Å²) in [6, 6.07) is 3.35. The maximum Gasteiger partial charge on any atom is 0.200 e. The third kappa shape index (κ3) is 3.72. The molecule has 1 aliphatic carbocycles. The minimum absolute atomic E-state index is 0.125. The van der Waals surface area contributed by atoms with E-state index in [1.54, 1.807) is 12.1 Å². The van der Waals surface area contributed by atoms with Crippen molar-refractivity contribution in [3.8, 4) is 0 Å². The van der Waals surface area contributed by atoms with E-state index in [2.05, 4.69) is 4.98 Å². The van der Waals surface area contributed by atoms with Crippen LogP contribution in [0.5, 0.6) is 0 Å². The number of hydrogen-bond acceptors (Lipinski definition) is 4. The van der Waals surface area contributed by atoms with Gasteiger partial charge in [0.15, 0.2) is 15.4 Å². The zero-order valence-electron chi connectivity index (χ0n) is 15.1. The average molecular weight is 384 g/mol. The highest BCUT2D eigenvalue weighted by Crippen LogP contribution is 2.37. The molecular weight excluding hydrogens is 358 g/mol. The summed E-state index contributed by atoms with van der Waals surface area (Å²) in [5.41, 5.74) is 0.561. The molecule has 0 atom stereocenters. The van der Waals surface area contributed by atoms with E-state index < -0.39 is 9.84 Å². The van der Waals surface area contributed by atoms with Crippen LogP contribution in [0.2, 0.25) is 5.02 Å². The van der Waals surface area contributed by atoms with Crippen LogP contribution in [-0.4, -0.2) is 18.7 Å². The quantitative estimate of drug-likeness (QED) is 0.670. The first-order chi connectivity index (χ1) is 11.7. The van der Waals surface area contributed by atoms with Gasteiger partial charge >= 0.3 is 0 Å². The third-order valence-electron chi connectivity index (χ3n) is 4.88. The number of halogens is 1. The predicted molar refractivity (Wildman–Crippen MR) is 101 cm³/mol. The van der Waals surface area contributed by atoms with Gasteiger partial charge in [0.2, 0.25) is 5.89 Å². The van der Waals surface area contributed by atoms with Crippen LogP contribution in [0.4, 0.5) is 0 Å². The fourth-order valence-corrected chi connectivity index (χ4v) is 5.93. The van der Waals surface area contributed by atoms with Crippen LogP contribution < -0.4 is 0 Å². The maximum atomic E-state index is 13.4. The predicted octanol–water partition coefficient (Wildman–Crippen LogP) is 5.67. The van der Waals surface area contributed by atoms with Crippen molar-refractivity contribution >= 4 is 32.5 Å². The summed E-state index contributed by atoms with van der Waals surface area (Å²) >= 11 is 6.34. The Labute approximate surface area is 154 Å². The minimum Gasteiger partial charge on any atom is -0.439 e. The van der Waals surface area contributed by atoms with Gasteiger partial charge in [-0.15, -0.1) is 0 Å². The second-order valence-corrected chi connectivity index (χ2v) is 10.6. The summed E-state index contributed by atoms with van der Waals surface area (Å²) in [7, 11) is -3.56. The van der Waals surface area contributed by atoms with Gasteiger partial charge < -0.3 is 4.42 Å².